The first-order chi connectivity index (χ1) is 9.19. The molecule has 0 aliphatic rings. The van der Waals surface area contributed by atoms with Gasteiger partial charge in [-0.15, -0.1) is 0 Å². The second kappa shape index (κ2) is 6.83. The smallest absolute Gasteiger partial charge is 0.0410 e. The van der Waals surface area contributed by atoms with E-state index in [0.717, 1.165) is 17.4 Å². The Balaban J connectivity index is 2.18. The molecule has 100 valence electrons. The molecule has 1 aromatic heterocycles. The fraction of sp³-hybridized carbons (Fsp3) is 0.312. The van der Waals surface area contributed by atoms with Crippen LogP contribution in [-0.2, 0) is 6.42 Å². The zero-order valence-electron chi connectivity index (χ0n) is 11.4. The molecule has 0 saturated heterocycles. The summed E-state index contributed by atoms with van der Waals surface area (Å²) < 4.78 is 1.04. The van der Waals surface area contributed by atoms with Crippen LogP contribution in [-0.4, -0.2) is 18.6 Å². The zero-order valence-corrected chi connectivity index (χ0v) is 12.9. The van der Waals surface area contributed by atoms with Crippen LogP contribution in [0.1, 0.15) is 22.6 Å². The molecule has 1 N–H and O–H groups in total. The predicted molar refractivity (Wildman–Crippen MR) is 83.5 cm³/mol. The average Bonchev–Trinajstić information content (AvgIpc) is 2.39. The fourth-order valence-corrected chi connectivity index (χ4v) is 2.66. The number of nitrogens with zero attached hydrogens (tertiary/aromatic N) is 1. The molecule has 0 amide bonds. The first-order valence-corrected chi connectivity index (χ1v) is 7.29. The van der Waals surface area contributed by atoms with Gasteiger partial charge in [0.2, 0.25) is 0 Å². The van der Waals surface area contributed by atoms with E-state index in [9.17, 15) is 0 Å². The third-order valence-corrected chi connectivity index (χ3v) is 3.68. The minimum atomic E-state index is 0.474. The summed E-state index contributed by atoms with van der Waals surface area (Å²) in [6.45, 7) is 3.09. The van der Waals surface area contributed by atoms with Gasteiger partial charge in [-0.25, -0.2) is 0 Å². The number of aromatic nitrogens is 1. The molecule has 1 unspecified atom stereocenters. The highest BCUT2D eigenvalue weighted by atomic mass is 79.9. The van der Waals surface area contributed by atoms with E-state index in [0.29, 0.717) is 5.92 Å². The van der Waals surface area contributed by atoms with Gasteiger partial charge >= 0.3 is 0 Å². The molecular weight excluding hydrogens is 300 g/mol. The molecule has 2 nitrogen and oxygen atoms in total. The normalized spacial score (nSPS) is 12.4. The van der Waals surface area contributed by atoms with Crippen LogP contribution in [0.5, 0.6) is 0 Å². The zero-order chi connectivity index (χ0) is 13.7. The molecule has 0 spiro atoms. The highest BCUT2D eigenvalue weighted by Crippen LogP contribution is 2.22. The largest absolute Gasteiger partial charge is 0.319 e. The summed E-state index contributed by atoms with van der Waals surface area (Å²) >= 11 is 3.48. The highest BCUT2D eigenvalue weighted by Gasteiger charge is 2.12. The Labute approximate surface area is 123 Å². The van der Waals surface area contributed by atoms with E-state index < -0.39 is 0 Å². The standard InChI is InChI=1S/C16H19BrN2/c1-12-3-5-14(6-4-12)15(10-18-2)7-13-8-16(17)11-19-9-13/h3-6,8-9,11,15,18H,7,10H2,1-2H3. The maximum Gasteiger partial charge on any atom is 0.0410 e. The van der Waals surface area contributed by atoms with Crippen molar-refractivity contribution in [1.29, 1.82) is 0 Å². The van der Waals surface area contributed by atoms with Crippen molar-refractivity contribution < 1.29 is 0 Å². The van der Waals surface area contributed by atoms with Gasteiger partial charge in [0.05, 0.1) is 0 Å². The van der Waals surface area contributed by atoms with Crippen LogP contribution in [0.25, 0.3) is 0 Å². The molecule has 2 rings (SSSR count). The monoisotopic (exact) mass is 318 g/mol. The number of aryl methyl sites for hydroxylation is 1. The molecule has 0 aliphatic heterocycles. The second-order valence-corrected chi connectivity index (χ2v) is 5.80. The Kier molecular flexibility index (Phi) is 5.11. The van der Waals surface area contributed by atoms with E-state index in [1.165, 1.54) is 16.7 Å². The van der Waals surface area contributed by atoms with Crippen molar-refractivity contribution in [2.45, 2.75) is 19.3 Å². The Morgan fingerprint density at radius 2 is 1.95 bits per heavy atom. The molecule has 0 fully saturated rings. The van der Waals surface area contributed by atoms with Crippen molar-refractivity contribution in [3.05, 3.63) is 63.9 Å². The van der Waals surface area contributed by atoms with Gasteiger partial charge in [0.1, 0.15) is 0 Å². The number of benzene rings is 1. The molecule has 3 heteroatoms. The van der Waals surface area contributed by atoms with E-state index in [1.54, 1.807) is 0 Å². The Morgan fingerprint density at radius 1 is 1.21 bits per heavy atom. The topological polar surface area (TPSA) is 24.9 Å². The highest BCUT2D eigenvalue weighted by molar-refractivity contribution is 9.10. The molecular formula is C16H19BrN2. The SMILES string of the molecule is CNCC(Cc1cncc(Br)c1)c1ccc(C)cc1. The van der Waals surface area contributed by atoms with Gasteiger partial charge in [-0.05, 0) is 53.5 Å². The van der Waals surface area contributed by atoms with Crippen LogP contribution >= 0.6 is 15.9 Å². The van der Waals surface area contributed by atoms with Crippen LogP contribution in [0.3, 0.4) is 0 Å². The summed E-state index contributed by atoms with van der Waals surface area (Å²) in [6.07, 6.45) is 4.76. The molecule has 0 aliphatic carbocycles. The number of rotatable bonds is 5. The molecule has 0 radical (unpaired) electrons. The predicted octanol–water partition coefficient (Wildman–Crippen LogP) is 3.70. The first-order valence-electron chi connectivity index (χ1n) is 6.49. The number of hydrogen-bond acceptors (Lipinski definition) is 2. The average molecular weight is 319 g/mol. The Hall–Kier alpha value is -1.19. The van der Waals surface area contributed by atoms with E-state index in [4.69, 9.17) is 0 Å². The van der Waals surface area contributed by atoms with Crippen LogP contribution in [0.15, 0.2) is 47.2 Å². The van der Waals surface area contributed by atoms with Gasteiger partial charge in [0, 0.05) is 29.3 Å². The summed E-state index contributed by atoms with van der Waals surface area (Å²) in [4.78, 5) is 4.24. The summed E-state index contributed by atoms with van der Waals surface area (Å²) in [5.41, 5.74) is 3.94. The molecule has 19 heavy (non-hydrogen) atoms. The summed E-state index contributed by atoms with van der Waals surface area (Å²) in [5.74, 6) is 0.474. The number of halogens is 1. The number of hydrogen-bond donors (Lipinski definition) is 1. The van der Waals surface area contributed by atoms with E-state index >= 15 is 0 Å². The molecule has 1 heterocycles. The quantitative estimate of drug-likeness (QED) is 0.909. The van der Waals surface area contributed by atoms with Crippen molar-refractivity contribution in [3.8, 4) is 0 Å². The Bertz CT molecular complexity index is 523. The maximum atomic E-state index is 4.24. The van der Waals surface area contributed by atoms with E-state index in [1.807, 2.05) is 19.4 Å². The van der Waals surface area contributed by atoms with Crippen LogP contribution in [0.4, 0.5) is 0 Å². The van der Waals surface area contributed by atoms with Gasteiger partial charge in [-0.3, -0.25) is 4.98 Å². The third-order valence-electron chi connectivity index (χ3n) is 3.24. The third kappa shape index (κ3) is 4.15. The number of likely N-dealkylation sites (N-methyl/N-ethyl adjacent to an activating group) is 1. The lowest BCUT2D eigenvalue weighted by Gasteiger charge is -2.17. The van der Waals surface area contributed by atoms with E-state index in [-0.39, 0.29) is 0 Å². The first kappa shape index (κ1) is 14.2. The Morgan fingerprint density at radius 3 is 2.58 bits per heavy atom. The van der Waals surface area contributed by atoms with Crippen molar-refractivity contribution in [3.63, 3.8) is 0 Å². The van der Waals surface area contributed by atoms with Crippen LogP contribution < -0.4 is 5.32 Å². The van der Waals surface area contributed by atoms with Gasteiger partial charge in [-0.2, -0.15) is 0 Å². The number of nitrogens with one attached hydrogen (secondary N) is 1. The van der Waals surface area contributed by atoms with Gasteiger partial charge in [0.15, 0.2) is 0 Å². The molecule has 0 bridgehead atoms. The van der Waals surface area contributed by atoms with Crippen LogP contribution in [0, 0.1) is 6.92 Å². The summed E-state index contributed by atoms with van der Waals surface area (Å²) in [5, 5.41) is 3.28. The lowest BCUT2D eigenvalue weighted by Crippen LogP contribution is -2.19. The van der Waals surface area contributed by atoms with Crippen molar-refractivity contribution in [2.75, 3.05) is 13.6 Å². The van der Waals surface area contributed by atoms with E-state index in [2.05, 4.69) is 63.5 Å². The molecule has 0 saturated carbocycles. The van der Waals surface area contributed by atoms with Gasteiger partial charge < -0.3 is 5.32 Å². The summed E-state index contributed by atoms with van der Waals surface area (Å²) in [6, 6.07) is 10.9. The van der Waals surface area contributed by atoms with Gasteiger partial charge in [0.25, 0.3) is 0 Å². The lowest BCUT2D eigenvalue weighted by molar-refractivity contribution is 0.624. The molecule has 2 aromatic rings. The molecule has 1 atom stereocenters. The van der Waals surface area contributed by atoms with Crippen molar-refractivity contribution in [1.82, 2.24) is 10.3 Å². The maximum absolute atomic E-state index is 4.24. The summed E-state index contributed by atoms with van der Waals surface area (Å²) in [7, 11) is 2.00. The van der Waals surface area contributed by atoms with Crippen molar-refractivity contribution in [2.24, 2.45) is 0 Å². The fourth-order valence-electron chi connectivity index (χ4n) is 2.24. The van der Waals surface area contributed by atoms with Crippen LogP contribution in [0.2, 0.25) is 0 Å². The number of pyridine rings is 1. The van der Waals surface area contributed by atoms with Crippen molar-refractivity contribution >= 4 is 15.9 Å². The minimum Gasteiger partial charge on any atom is -0.319 e. The lowest BCUT2D eigenvalue weighted by atomic mass is 9.92. The second-order valence-electron chi connectivity index (χ2n) is 4.88. The minimum absolute atomic E-state index is 0.474. The molecule has 1 aromatic carbocycles. The van der Waals surface area contributed by atoms with Gasteiger partial charge in [-0.1, -0.05) is 29.8 Å².